The maximum Gasteiger partial charge on any atom is 0.280 e. The van der Waals surface area contributed by atoms with Crippen molar-refractivity contribution in [1.29, 1.82) is 0 Å². The molecule has 2 aromatic heterocycles. The molecule has 3 aromatic rings. The summed E-state index contributed by atoms with van der Waals surface area (Å²) in [5.74, 6) is 0.0363. The smallest absolute Gasteiger partial charge is 0.280 e. The van der Waals surface area contributed by atoms with Gasteiger partial charge in [-0.15, -0.1) is 0 Å². The molecule has 7 rings (SSSR count). The third-order valence-electron chi connectivity index (χ3n) is 7.47. The highest BCUT2D eigenvalue weighted by Crippen LogP contribution is 2.41. The number of nitrogens with zero attached hydrogens (tertiary/aromatic N) is 4. The van der Waals surface area contributed by atoms with Gasteiger partial charge in [-0.25, -0.2) is 9.97 Å². The normalized spacial score (nSPS) is 25.0. The number of nitrogen functional groups attached to an aromatic ring is 2. The van der Waals surface area contributed by atoms with Gasteiger partial charge in [-0.3, -0.25) is 19.9 Å². The molecule has 7 N–H and O–H groups in total. The molecule has 2 bridgehead atoms. The fourth-order valence-corrected chi connectivity index (χ4v) is 6.01. The highest BCUT2D eigenvalue weighted by atomic mass is 35.5. The zero-order chi connectivity index (χ0) is 25.0. The molecule has 1 aromatic carbocycles. The zero-order valence-electron chi connectivity index (χ0n) is 19.4. The molecule has 1 spiro atoms. The third kappa shape index (κ3) is 3.79. The number of hydrogen-bond donors (Lipinski definition) is 5. The van der Waals surface area contributed by atoms with Gasteiger partial charge in [0.15, 0.2) is 28.4 Å². The van der Waals surface area contributed by atoms with Crippen LogP contribution in [0.2, 0.25) is 5.15 Å². The van der Waals surface area contributed by atoms with Gasteiger partial charge in [0, 0.05) is 35.2 Å². The number of carbonyl (C=O) groups is 2. The highest BCUT2D eigenvalue weighted by molar-refractivity contribution is 6.31. The lowest BCUT2D eigenvalue weighted by molar-refractivity contribution is 0.0569. The molecule has 36 heavy (non-hydrogen) atoms. The van der Waals surface area contributed by atoms with Gasteiger partial charge < -0.3 is 26.7 Å². The van der Waals surface area contributed by atoms with E-state index in [1.165, 1.54) is 0 Å². The minimum atomic E-state index is -0.571. The highest BCUT2D eigenvalue weighted by Gasteiger charge is 2.48. The quantitative estimate of drug-likeness (QED) is 0.353. The summed E-state index contributed by atoms with van der Waals surface area (Å²) in [4.78, 5) is 44.1. The molecule has 0 radical (unpaired) electrons. The number of hydrogen-bond acceptors (Lipinski definition) is 8. The second kappa shape index (κ2) is 8.37. The number of benzene rings is 1. The maximum absolute atomic E-state index is 13.7. The lowest BCUT2D eigenvalue weighted by Gasteiger charge is -2.37. The van der Waals surface area contributed by atoms with Crippen molar-refractivity contribution in [3.8, 4) is 0 Å². The van der Waals surface area contributed by atoms with E-state index >= 15 is 0 Å². The predicted octanol–water partition coefficient (Wildman–Crippen LogP) is 1.92. The Hall–Kier alpha value is -3.86. The number of nitrogens with one attached hydrogen (secondary N) is 3. The number of rotatable bonds is 2. The van der Waals surface area contributed by atoms with Gasteiger partial charge in [0.2, 0.25) is 0 Å². The summed E-state index contributed by atoms with van der Waals surface area (Å²) >= 11 is 5.92. The van der Waals surface area contributed by atoms with Crippen molar-refractivity contribution in [1.82, 2.24) is 30.5 Å². The topological polar surface area (TPSA) is 167 Å². The molecular weight excluding hydrogens is 482 g/mol. The number of aromatic amines is 1. The van der Waals surface area contributed by atoms with E-state index in [0.29, 0.717) is 25.0 Å². The van der Waals surface area contributed by atoms with E-state index in [2.05, 4.69) is 30.6 Å². The van der Waals surface area contributed by atoms with Crippen LogP contribution >= 0.6 is 11.6 Å². The molecule has 3 aliphatic heterocycles. The Labute approximate surface area is 211 Å². The molecule has 3 unspecified atom stereocenters. The first-order valence-corrected chi connectivity index (χ1v) is 12.3. The molecule has 5 heterocycles. The van der Waals surface area contributed by atoms with E-state index in [-0.39, 0.29) is 40.0 Å². The molecule has 1 saturated carbocycles. The van der Waals surface area contributed by atoms with E-state index in [0.717, 1.165) is 42.1 Å². The number of carbonyl (C=O) groups excluding carboxylic acids is 2. The number of anilines is 2. The number of H-pyrrole nitrogens is 1. The molecule has 2 saturated heterocycles. The van der Waals surface area contributed by atoms with Crippen LogP contribution in [-0.2, 0) is 0 Å². The van der Waals surface area contributed by atoms with Crippen molar-refractivity contribution in [2.75, 3.05) is 24.6 Å². The van der Waals surface area contributed by atoms with Crippen LogP contribution in [0.4, 0.5) is 11.6 Å². The number of halogens is 1. The largest absolute Gasteiger partial charge is 0.382 e. The Morgan fingerprint density at radius 1 is 1.14 bits per heavy atom. The van der Waals surface area contributed by atoms with E-state index in [4.69, 9.17) is 23.1 Å². The second-order valence-corrected chi connectivity index (χ2v) is 10.2. The van der Waals surface area contributed by atoms with Crippen LogP contribution in [0.15, 0.2) is 35.5 Å². The first-order chi connectivity index (χ1) is 17.3. The van der Waals surface area contributed by atoms with E-state index in [9.17, 15) is 9.59 Å². The Balaban J connectivity index is 1.18. The van der Waals surface area contributed by atoms with Gasteiger partial charge in [-0.05, 0) is 49.8 Å². The summed E-state index contributed by atoms with van der Waals surface area (Å²) in [7, 11) is 0. The van der Waals surface area contributed by atoms with Crippen LogP contribution in [0.3, 0.4) is 0 Å². The van der Waals surface area contributed by atoms with Gasteiger partial charge in [0.25, 0.3) is 11.8 Å². The lowest BCUT2D eigenvalue weighted by atomic mass is 9.87. The van der Waals surface area contributed by atoms with Crippen molar-refractivity contribution >= 4 is 51.9 Å². The van der Waals surface area contributed by atoms with Gasteiger partial charge in [-0.1, -0.05) is 17.7 Å². The molecule has 186 valence electrons. The number of aromatic nitrogens is 3. The molecule has 4 aliphatic rings. The van der Waals surface area contributed by atoms with E-state index in [1.54, 1.807) is 0 Å². The monoisotopic (exact) mass is 507 g/mol. The Kier molecular flexibility index (Phi) is 5.25. The van der Waals surface area contributed by atoms with Crippen LogP contribution in [-0.4, -0.2) is 62.3 Å². The average molecular weight is 508 g/mol. The lowest BCUT2D eigenvalue weighted by Crippen LogP contribution is -2.52. The van der Waals surface area contributed by atoms with Crippen molar-refractivity contribution in [3.05, 3.63) is 46.9 Å². The Bertz CT molecular complexity index is 1420. The summed E-state index contributed by atoms with van der Waals surface area (Å²) in [5, 5.41) is 7.03. The fraction of sp³-hybridized carbons (Fsp3) is 0.375. The van der Waals surface area contributed by atoms with Gasteiger partial charge in [0.05, 0.1) is 12.1 Å². The van der Waals surface area contributed by atoms with Crippen molar-refractivity contribution in [2.24, 2.45) is 10.9 Å². The SMILES string of the molecule is Nc1nc(N)c(C(=O)NC2=NCC3(CC4CCC(C3)N(C(=O)c3cccc5[nH]ccc35)C4)N2)nc1Cl. The minimum Gasteiger partial charge on any atom is -0.382 e. The first-order valence-electron chi connectivity index (χ1n) is 11.9. The van der Waals surface area contributed by atoms with Crippen molar-refractivity contribution in [2.45, 2.75) is 37.3 Å². The number of guanidine groups is 1. The number of aliphatic imine (C=N–C) groups is 1. The number of piperidine rings is 1. The fourth-order valence-electron chi connectivity index (χ4n) is 5.88. The standard InChI is InChI=1S/C24H26ClN9O2/c25-18-20(27)31-19(26)17(30-18)21(35)32-23-29-11-24(33-23)8-12-4-5-13(9-24)34(10-12)22(36)15-2-1-3-16-14(15)6-7-28-16/h1-3,6-7,12-13,28H,4-5,8-11H2,(H4,26,27,31)(H2,29,32,33,35). The maximum atomic E-state index is 13.7. The molecular formula is C24H26ClN9O2. The van der Waals surface area contributed by atoms with Crippen molar-refractivity contribution in [3.63, 3.8) is 0 Å². The Morgan fingerprint density at radius 3 is 2.86 bits per heavy atom. The van der Waals surface area contributed by atoms with Gasteiger partial charge in [-0.2, -0.15) is 0 Å². The molecule has 3 atom stereocenters. The van der Waals surface area contributed by atoms with Crippen LogP contribution < -0.4 is 22.1 Å². The summed E-state index contributed by atoms with van der Waals surface area (Å²) in [6, 6.07) is 7.82. The third-order valence-corrected chi connectivity index (χ3v) is 7.75. The summed E-state index contributed by atoms with van der Waals surface area (Å²) < 4.78 is 0. The first kappa shape index (κ1) is 22.6. The van der Waals surface area contributed by atoms with Crippen LogP contribution in [0, 0.1) is 5.92 Å². The van der Waals surface area contributed by atoms with Crippen LogP contribution in [0.5, 0.6) is 0 Å². The molecule has 2 amide bonds. The summed E-state index contributed by atoms with van der Waals surface area (Å²) in [5.41, 5.74) is 12.6. The molecule has 1 aliphatic carbocycles. The minimum absolute atomic E-state index is 0.0400. The van der Waals surface area contributed by atoms with Gasteiger partial charge >= 0.3 is 0 Å². The Morgan fingerprint density at radius 2 is 2.00 bits per heavy atom. The molecule has 12 heteroatoms. The molecule has 3 fully saturated rings. The van der Waals surface area contributed by atoms with E-state index < -0.39 is 5.91 Å². The van der Waals surface area contributed by atoms with E-state index in [1.807, 2.05) is 35.4 Å². The molecule has 11 nitrogen and oxygen atoms in total. The van der Waals surface area contributed by atoms with Crippen LogP contribution in [0.25, 0.3) is 10.9 Å². The average Bonchev–Trinajstić information content (AvgIpc) is 3.40. The van der Waals surface area contributed by atoms with Gasteiger partial charge in [0.1, 0.15) is 0 Å². The van der Waals surface area contributed by atoms with Crippen molar-refractivity contribution < 1.29 is 9.59 Å². The number of fused-ring (bicyclic) bond motifs is 3. The summed E-state index contributed by atoms with van der Waals surface area (Å²) in [6.45, 7) is 1.22. The summed E-state index contributed by atoms with van der Waals surface area (Å²) in [6.07, 6.45) is 5.47. The number of amides is 2. The number of nitrogens with two attached hydrogens (primary N) is 2. The second-order valence-electron chi connectivity index (χ2n) is 9.87. The van der Waals surface area contributed by atoms with Crippen LogP contribution in [0.1, 0.15) is 46.5 Å². The predicted molar refractivity (Wildman–Crippen MR) is 137 cm³/mol. The zero-order valence-corrected chi connectivity index (χ0v) is 20.2.